The van der Waals surface area contributed by atoms with E-state index in [0.29, 0.717) is 32.0 Å². The number of para-hydroxylation sites is 2. The molecule has 3 amide bonds. The maximum absolute atomic E-state index is 13.1. The number of fused-ring (bicyclic) bond motifs is 3. The molecule has 0 radical (unpaired) electrons. The monoisotopic (exact) mass is 453 g/mol. The maximum atomic E-state index is 13.1. The van der Waals surface area contributed by atoms with E-state index in [0.717, 1.165) is 28.1 Å². The minimum absolute atomic E-state index is 0.198. The highest BCUT2D eigenvalue weighted by Crippen LogP contribution is 2.27. The summed E-state index contributed by atoms with van der Waals surface area (Å²) in [4.78, 5) is 32.2. The van der Waals surface area contributed by atoms with Gasteiger partial charge in [-0.05, 0) is 48.3 Å². The van der Waals surface area contributed by atoms with Gasteiger partial charge in [0.2, 0.25) is 11.9 Å². The number of nitrogens with zero attached hydrogens (tertiary/aromatic N) is 3. The second-order valence-electron chi connectivity index (χ2n) is 7.55. The first-order chi connectivity index (χ1) is 15.6. The Morgan fingerprint density at radius 2 is 1.94 bits per heavy atom. The minimum atomic E-state index is -0.619. The number of thioether (sulfide) groups is 1. The van der Waals surface area contributed by atoms with Crippen LogP contribution in [-0.2, 0) is 17.9 Å². The summed E-state index contributed by atoms with van der Waals surface area (Å²) in [5, 5.41) is 5.86. The Bertz CT molecular complexity index is 1100. The number of benzene rings is 2. The van der Waals surface area contributed by atoms with Crippen LogP contribution in [0.5, 0.6) is 5.75 Å². The smallest absolute Gasteiger partial charge is 0.324 e. The van der Waals surface area contributed by atoms with E-state index in [9.17, 15) is 9.59 Å². The summed E-state index contributed by atoms with van der Waals surface area (Å²) in [5.41, 5.74) is 2.83. The number of urea groups is 1. The van der Waals surface area contributed by atoms with Gasteiger partial charge in [0, 0.05) is 19.6 Å². The first kappa shape index (κ1) is 22.0. The number of amides is 3. The molecule has 2 heterocycles. The second-order valence-corrected chi connectivity index (χ2v) is 8.54. The maximum Gasteiger partial charge on any atom is 0.324 e. The fourth-order valence-corrected chi connectivity index (χ4v) is 4.24. The summed E-state index contributed by atoms with van der Waals surface area (Å²) in [6.45, 7) is 1.60. The van der Waals surface area contributed by atoms with Crippen molar-refractivity contribution in [3.8, 4) is 5.75 Å². The van der Waals surface area contributed by atoms with Crippen LogP contribution in [0, 0.1) is 0 Å². The molecule has 3 aromatic rings. The summed E-state index contributed by atoms with van der Waals surface area (Å²) in [7, 11) is 1.62. The third-order valence-corrected chi connectivity index (χ3v) is 6.16. The average molecular weight is 454 g/mol. The number of carbonyl (C=O) groups is 2. The quantitative estimate of drug-likeness (QED) is 0.547. The number of carbonyl (C=O) groups excluding carboxylic acids is 2. The molecule has 0 fully saturated rings. The normalized spacial score (nSPS) is 13.6. The summed E-state index contributed by atoms with van der Waals surface area (Å²) in [6.07, 6.45) is 2.53. The van der Waals surface area contributed by atoms with Gasteiger partial charge >= 0.3 is 6.03 Å². The van der Waals surface area contributed by atoms with E-state index >= 15 is 0 Å². The molecule has 0 unspecified atom stereocenters. The number of aromatic nitrogens is 2. The largest absolute Gasteiger partial charge is 0.497 e. The molecule has 8 nitrogen and oxygen atoms in total. The van der Waals surface area contributed by atoms with E-state index in [-0.39, 0.29) is 11.9 Å². The van der Waals surface area contributed by atoms with Crippen molar-refractivity contribution in [3.05, 3.63) is 54.1 Å². The molecule has 0 saturated heterocycles. The SMILES string of the molecule is COc1ccc(CNC(=O)[C@H](CCSC)NC(=O)N2CCn3c2nc2ccccc23)cc1. The van der Waals surface area contributed by atoms with Crippen LogP contribution in [0.25, 0.3) is 11.0 Å². The number of rotatable bonds is 8. The van der Waals surface area contributed by atoms with E-state index in [4.69, 9.17) is 4.74 Å². The molecule has 32 heavy (non-hydrogen) atoms. The standard InChI is InChI=1S/C23H27N5O3S/c1-31-17-9-7-16(8-10-17)15-24-21(29)19(11-14-32-2)26-23(30)28-13-12-27-20-6-4-3-5-18(20)25-22(27)28/h3-10,19H,11-15H2,1-2H3,(H,24,29)(H,26,30)/t19-/m0/s1. The van der Waals surface area contributed by atoms with Crippen molar-refractivity contribution in [2.75, 3.05) is 30.6 Å². The van der Waals surface area contributed by atoms with Gasteiger partial charge in [-0.1, -0.05) is 24.3 Å². The molecule has 0 spiro atoms. The lowest BCUT2D eigenvalue weighted by molar-refractivity contribution is -0.123. The zero-order chi connectivity index (χ0) is 22.5. The molecule has 1 aliphatic heterocycles. The molecule has 0 aliphatic carbocycles. The van der Waals surface area contributed by atoms with Crippen LogP contribution in [-0.4, -0.2) is 53.2 Å². The molecule has 0 bridgehead atoms. The topological polar surface area (TPSA) is 88.5 Å². The number of ether oxygens (including phenoxy) is 1. The second kappa shape index (κ2) is 9.95. The molecular weight excluding hydrogens is 426 g/mol. The van der Waals surface area contributed by atoms with Gasteiger partial charge in [0.25, 0.3) is 0 Å². The number of methoxy groups -OCH3 is 1. The van der Waals surface area contributed by atoms with E-state index < -0.39 is 6.04 Å². The van der Waals surface area contributed by atoms with Crippen LogP contribution in [0.1, 0.15) is 12.0 Å². The van der Waals surface area contributed by atoms with Crippen LogP contribution in [0.3, 0.4) is 0 Å². The van der Waals surface area contributed by atoms with Crippen molar-refractivity contribution in [1.29, 1.82) is 0 Å². The Morgan fingerprint density at radius 1 is 1.16 bits per heavy atom. The Labute approximate surface area is 191 Å². The first-order valence-corrected chi connectivity index (χ1v) is 11.9. The van der Waals surface area contributed by atoms with Crippen molar-refractivity contribution in [2.24, 2.45) is 0 Å². The molecular formula is C23H27N5O3S. The van der Waals surface area contributed by atoms with Gasteiger partial charge in [-0.3, -0.25) is 9.69 Å². The van der Waals surface area contributed by atoms with Crippen LogP contribution in [0.15, 0.2) is 48.5 Å². The van der Waals surface area contributed by atoms with Crippen molar-refractivity contribution in [3.63, 3.8) is 0 Å². The Hall–Kier alpha value is -3.20. The third kappa shape index (κ3) is 4.67. The highest BCUT2D eigenvalue weighted by Gasteiger charge is 2.31. The first-order valence-electron chi connectivity index (χ1n) is 10.5. The predicted molar refractivity (Wildman–Crippen MR) is 127 cm³/mol. The van der Waals surface area contributed by atoms with Gasteiger partial charge in [0.05, 0.1) is 18.1 Å². The van der Waals surface area contributed by atoms with Crippen molar-refractivity contribution in [2.45, 2.75) is 25.6 Å². The lowest BCUT2D eigenvalue weighted by Crippen LogP contribution is -2.51. The molecule has 4 rings (SSSR count). The predicted octanol–water partition coefficient (Wildman–Crippen LogP) is 3.01. The van der Waals surface area contributed by atoms with Crippen molar-refractivity contribution in [1.82, 2.24) is 20.2 Å². The third-order valence-electron chi connectivity index (χ3n) is 5.52. The van der Waals surface area contributed by atoms with E-state index in [1.807, 2.05) is 59.4 Å². The molecule has 9 heteroatoms. The van der Waals surface area contributed by atoms with Gasteiger partial charge in [-0.2, -0.15) is 11.8 Å². The van der Waals surface area contributed by atoms with Crippen LogP contribution in [0.2, 0.25) is 0 Å². The average Bonchev–Trinajstić information content (AvgIpc) is 3.39. The van der Waals surface area contributed by atoms with Gasteiger partial charge in [0.15, 0.2) is 0 Å². The zero-order valence-electron chi connectivity index (χ0n) is 18.2. The summed E-state index contributed by atoms with van der Waals surface area (Å²) in [5.74, 6) is 1.95. The molecule has 1 atom stereocenters. The highest BCUT2D eigenvalue weighted by atomic mass is 32.2. The molecule has 168 valence electrons. The van der Waals surface area contributed by atoms with Crippen LogP contribution in [0.4, 0.5) is 10.7 Å². The number of anilines is 1. The van der Waals surface area contributed by atoms with Gasteiger partial charge < -0.3 is 19.9 Å². The van der Waals surface area contributed by atoms with E-state index in [2.05, 4.69) is 15.6 Å². The number of hydrogen-bond donors (Lipinski definition) is 2. The molecule has 2 N–H and O–H groups in total. The van der Waals surface area contributed by atoms with Gasteiger partial charge in [-0.15, -0.1) is 0 Å². The van der Waals surface area contributed by atoms with Crippen molar-refractivity contribution >= 4 is 40.7 Å². The van der Waals surface area contributed by atoms with Crippen LogP contribution < -0.4 is 20.3 Å². The van der Waals surface area contributed by atoms with Crippen LogP contribution >= 0.6 is 11.8 Å². The fourth-order valence-electron chi connectivity index (χ4n) is 3.77. The Kier molecular flexibility index (Phi) is 6.84. The minimum Gasteiger partial charge on any atom is -0.497 e. The molecule has 0 saturated carbocycles. The Morgan fingerprint density at radius 3 is 2.69 bits per heavy atom. The summed E-state index contributed by atoms with van der Waals surface area (Å²) >= 11 is 1.64. The Balaban J connectivity index is 1.42. The molecule has 1 aliphatic rings. The fraction of sp³-hybridized carbons (Fsp3) is 0.348. The number of nitrogens with one attached hydrogen (secondary N) is 2. The number of hydrogen-bond acceptors (Lipinski definition) is 5. The van der Waals surface area contributed by atoms with Gasteiger partial charge in [-0.25, -0.2) is 9.78 Å². The van der Waals surface area contributed by atoms with Gasteiger partial charge in [0.1, 0.15) is 11.8 Å². The zero-order valence-corrected chi connectivity index (χ0v) is 19.0. The van der Waals surface area contributed by atoms with E-state index in [1.54, 1.807) is 23.8 Å². The van der Waals surface area contributed by atoms with Crippen molar-refractivity contribution < 1.29 is 14.3 Å². The highest BCUT2D eigenvalue weighted by molar-refractivity contribution is 7.98. The molecule has 2 aromatic carbocycles. The number of imidazole rings is 1. The lowest BCUT2D eigenvalue weighted by Gasteiger charge is -2.22. The lowest BCUT2D eigenvalue weighted by atomic mass is 10.2. The van der Waals surface area contributed by atoms with E-state index in [1.165, 1.54) is 0 Å². The summed E-state index contributed by atoms with van der Waals surface area (Å²) in [6, 6.07) is 14.4. The summed E-state index contributed by atoms with van der Waals surface area (Å²) < 4.78 is 7.20. The molecule has 1 aromatic heterocycles.